The largest absolute Gasteiger partial charge is 0.353 e. The number of benzene rings is 3. The van der Waals surface area contributed by atoms with E-state index < -0.39 is 0 Å². The van der Waals surface area contributed by atoms with Crippen molar-refractivity contribution in [3.8, 4) is 22.5 Å². The Labute approximate surface area is 196 Å². The Balaban J connectivity index is 1.40. The molecule has 166 valence electrons. The van der Waals surface area contributed by atoms with Crippen LogP contribution < -0.4 is 4.90 Å². The van der Waals surface area contributed by atoms with Crippen molar-refractivity contribution in [1.29, 1.82) is 0 Å². The molecule has 0 unspecified atom stereocenters. The van der Waals surface area contributed by atoms with Gasteiger partial charge in [0, 0.05) is 43.9 Å². The summed E-state index contributed by atoms with van der Waals surface area (Å²) >= 11 is 0. The number of aromatic nitrogens is 2. The smallest absolute Gasteiger partial charge is 0.147 e. The molecular formula is C29H30N4. The zero-order valence-electron chi connectivity index (χ0n) is 19.4. The van der Waals surface area contributed by atoms with Crippen LogP contribution in [0.3, 0.4) is 0 Å². The Morgan fingerprint density at radius 3 is 1.85 bits per heavy atom. The first-order chi connectivity index (χ1) is 16.2. The summed E-state index contributed by atoms with van der Waals surface area (Å²) in [5, 5.41) is 0. The monoisotopic (exact) mass is 434 g/mol. The summed E-state index contributed by atoms with van der Waals surface area (Å²) in [4.78, 5) is 15.0. The first-order valence-corrected chi connectivity index (χ1v) is 11.7. The fraction of sp³-hybridized carbons (Fsp3) is 0.241. The van der Waals surface area contributed by atoms with E-state index >= 15 is 0 Å². The maximum absolute atomic E-state index is 5.15. The maximum Gasteiger partial charge on any atom is 0.147 e. The fourth-order valence-electron chi connectivity index (χ4n) is 4.34. The van der Waals surface area contributed by atoms with Crippen molar-refractivity contribution in [1.82, 2.24) is 14.9 Å². The van der Waals surface area contributed by atoms with Crippen molar-refractivity contribution < 1.29 is 0 Å². The summed E-state index contributed by atoms with van der Waals surface area (Å²) in [6.45, 7) is 9.18. The minimum absolute atomic E-state index is 0.935. The van der Waals surface area contributed by atoms with Gasteiger partial charge in [0.25, 0.3) is 0 Å². The number of piperazine rings is 1. The molecule has 0 N–H and O–H groups in total. The highest BCUT2D eigenvalue weighted by atomic mass is 15.3. The molecule has 3 aromatic carbocycles. The second-order valence-electron chi connectivity index (χ2n) is 8.91. The van der Waals surface area contributed by atoms with Gasteiger partial charge in [0.15, 0.2) is 0 Å². The molecule has 0 spiro atoms. The third-order valence-electron chi connectivity index (χ3n) is 6.36. The van der Waals surface area contributed by atoms with Crippen molar-refractivity contribution in [3.63, 3.8) is 0 Å². The van der Waals surface area contributed by atoms with Crippen LogP contribution in [0.1, 0.15) is 16.7 Å². The number of nitrogens with zero attached hydrogens (tertiary/aromatic N) is 4. The summed E-state index contributed by atoms with van der Waals surface area (Å²) in [6, 6.07) is 27.8. The highest BCUT2D eigenvalue weighted by Crippen LogP contribution is 2.31. The normalized spacial score (nSPS) is 14.4. The second-order valence-corrected chi connectivity index (χ2v) is 8.91. The zero-order valence-corrected chi connectivity index (χ0v) is 19.4. The number of rotatable bonds is 5. The minimum atomic E-state index is 0.935. The summed E-state index contributed by atoms with van der Waals surface area (Å²) in [5.41, 5.74) is 7.95. The van der Waals surface area contributed by atoms with Gasteiger partial charge in [0.2, 0.25) is 0 Å². The molecule has 0 radical (unpaired) electrons. The molecule has 0 amide bonds. The van der Waals surface area contributed by atoms with Crippen LogP contribution in [0, 0.1) is 13.8 Å². The van der Waals surface area contributed by atoms with Crippen molar-refractivity contribution in [2.45, 2.75) is 20.4 Å². The quantitative estimate of drug-likeness (QED) is 0.400. The summed E-state index contributed by atoms with van der Waals surface area (Å²) < 4.78 is 0. The lowest BCUT2D eigenvalue weighted by Gasteiger charge is -2.35. The van der Waals surface area contributed by atoms with Crippen molar-refractivity contribution in [2.24, 2.45) is 0 Å². The first kappa shape index (κ1) is 21.4. The van der Waals surface area contributed by atoms with Gasteiger partial charge in [-0.2, -0.15) is 0 Å². The molecule has 1 fully saturated rings. The van der Waals surface area contributed by atoms with Gasteiger partial charge in [0.05, 0.1) is 17.6 Å². The molecule has 1 aliphatic heterocycles. The maximum atomic E-state index is 5.15. The van der Waals surface area contributed by atoms with Crippen molar-refractivity contribution in [3.05, 3.63) is 102 Å². The van der Waals surface area contributed by atoms with E-state index in [1.54, 1.807) is 0 Å². The molecule has 5 rings (SSSR count). The van der Waals surface area contributed by atoms with Crippen LogP contribution in [0.15, 0.2) is 85.1 Å². The fourth-order valence-corrected chi connectivity index (χ4v) is 4.34. The van der Waals surface area contributed by atoms with E-state index in [0.717, 1.165) is 61.1 Å². The van der Waals surface area contributed by atoms with Crippen LogP contribution >= 0.6 is 0 Å². The molecule has 1 saturated heterocycles. The standard InChI is InChI=1S/C29H30N4/c1-22-8-12-25(13-9-22)28-29(26-14-10-23(2)11-15-26)31-27(20-30-28)33-18-16-32(17-19-33)21-24-6-4-3-5-7-24/h3-15,20H,16-19,21H2,1-2H3. The average Bonchev–Trinajstić information content (AvgIpc) is 2.86. The lowest BCUT2D eigenvalue weighted by Crippen LogP contribution is -2.46. The van der Waals surface area contributed by atoms with Crippen LogP contribution in [0.5, 0.6) is 0 Å². The molecule has 1 aromatic heterocycles. The second kappa shape index (κ2) is 9.55. The molecule has 0 aliphatic carbocycles. The number of hydrogen-bond acceptors (Lipinski definition) is 4. The summed E-state index contributed by atoms with van der Waals surface area (Å²) in [5.74, 6) is 0.959. The number of hydrogen-bond donors (Lipinski definition) is 0. The van der Waals surface area contributed by atoms with Crippen LogP contribution in [-0.2, 0) is 6.54 Å². The van der Waals surface area contributed by atoms with E-state index in [9.17, 15) is 0 Å². The van der Waals surface area contributed by atoms with Crippen LogP contribution in [0.2, 0.25) is 0 Å². The van der Waals surface area contributed by atoms with E-state index in [1.807, 2.05) is 6.20 Å². The molecule has 4 heteroatoms. The minimum Gasteiger partial charge on any atom is -0.353 e. The molecule has 1 aliphatic rings. The average molecular weight is 435 g/mol. The van der Waals surface area contributed by atoms with Crippen molar-refractivity contribution in [2.75, 3.05) is 31.1 Å². The van der Waals surface area contributed by atoms with E-state index in [-0.39, 0.29) is 0 Å². The molecular weight excluding hydrogens is 404 g/mol. The van der Waals surface area contributed by atoms with E-state index in [4.69, 9.17) is 9.97 Å². The lowest BCUT2D eigenvalue weighted by atomic mass is 10.0. The predicted octanol–water partition coefficient (Wildman–Crippen LogP) is 5.75. The molecule has 0 atom stereocenters. The van der Waals surface area contributed by atoms with Gasteiger partial charge in [-0.25, -0.2) is 4.98 Å². The van der Waals surface area contributed by atoms with Crippen LogP contribution in [0.25, 0.3) is 22.5 Å². The third-order valence-corrected chi connectivity index (χ3v) is 6.36. The van der Waals surface area contributed by atoms with E-state index in [0.29, 0.717) is 0 Å². The molecule has 2 heterocycles. The van der Waals surface area contributed by atoms with Gasteiger partial charge in [-0.15, -0.1) is 0 Å². The molecule has 4 aromatic rings. The Hall–Kier alpha value is -3.50. The van der Waals surface area contributed by atoms with Gasteiger partial charge in [0.1, 0.15) is 5.82 Å². The highest BCUT2D eigenvalue weighted by Gasteiger charge is 2.20. The van der Waals surface area contributed by atoms with Gasteiger partial charge in [-0.3, -0.25) is 9.88 Å². The Morgan fingerprint density at radius 1 is 0.667 bits per heavy atom. The number of aryl methyl sites for hydroxylation is 2. The summed E-state index contributed by atoms with van der Waals surface area (Å²) in [7, 11) is 0. The van der Waals surface area contributed by atoms with E-state index in [2.05, 4.69) is 103 Å². The first-order valence-electron chi connectivity index (χ1n) is 11.7. The van der Waals surface area contributed by atoms with Crippen molar-refractivity contribution >= 4 is 5.82 Å². The molecule has 0 saturated carbocycles. The Morgan fingerprint density at radius 2 is 1.24 bits per heavy atom. The van der Waals surface area contributed by atoms with Gasteiger partial charge >= 0.3 is 0 Å². The van der Waals surface area contributed by atoms with Gasteiger partial charge in [-0.05, 0) is 19.4 Å². The van der Waals surface area contributed by atoms with Gasteiger partial charge < -0.3 is 4.90 Å². The van der Waals surface area contributed by atoms with Gasteiger partial charge in [-0.1, -0.05) is 90.0 Å². The van der Waals surface area contributed by atoms with E-state index in [1.165, 1.54) is 16.7 Å². The molecule has 4 nitrogen and oxygen atoms in total. The lowest BCUT2D eigenvalue weighted by molar-refractivity contribution is 0.249. The van der Waals surface area contributed by atoms with Crippen LogP contribution in [0.4, 0.5) is 5.82 Å². The predicted molar refractivity (Wildman–Crippen MR) is 136 cm³/mol. The zero-order chi connectivity index (χ0) is 22.6. The number of anilines is 1. The molecule has 0 bridgehead atoms. The topological polar surface area (TPSA) is 32.3 Å². The SMILES string of the molecule is Cc1ccc(-c2ncc(N3CCN(Cc4ccccc4)CC3)nc2-c2ccc(C)cc2)cc1. The Bertz CT molecular complexity index is 1190. The summed E-state index contributed by atoms with van der Waals surface area (Å²) in [6.07, 6.45) is 1.94. The molecule has 33 heavy (non-hydrogen) atoms. The third kappa shape index (κ3) is 4.96. The van der Waals surface area contributed by atoms with Crippen LogP contribution in [-0.4, -0.2) is 41.0 Å². The highest BCUT2D eigenvalue weighted by molar-refractivity contribution is 5.79. The Kier molecular flexibility index (Phi) is 6.18.